The molecular weight excluding hydrogens is 744 g/mol. The molecule has 207 valence electrons. The van der Waals surface area contributed by atoms with Crippen LogP contribution < -0.4 is 4.65 Å². The van der Waals surface area contributed by atoms with Crippen LogP contribution in [0, 0.1) is 47.8 Å². The summed E-state index contributed by atoms with van der Waals surface area (Å²) < 4.78 is 5.84. The number of benzene rings is 4. The second kappa shape index (κ2) is 33.8. The smallest absolute Gasteiger partial charge is 0.558 e. The van der Waals surface area contributed by atoms with E-state index in [2.05, 4.69) is 128 Å². The van der Waals surface area contributed by atoms with Crippen LogP contribution >= 0.6 is 22.6 Å². The summed E-state index contributed by atoms with van der Waals surface area (Å²) in [5.41, 5.74) is 6.61. The van der Waals surface area contributed by atoms with Crippen LogP contribution in [-0.2, 0) is 65.4 Å². The summed E-state index contributed by atoms with van der Waals surface area (Å²) in [6, 6.07) is 37.5. The summed E-state index contributed by atoms with van der Waals surface area (Å²) in [6.45, 7) is 12.5. The predicted molar refractivity (Wildman–Crippen MR) is 174 cm³/mol. The first-order valence-electron chi connectivity index (χ1n) is 11.7. The molecule has 4 aromatic rings. The molecule has 0 atom stereocenters. The van der Waals surface area contributed by atoms with Crippen LogP contribution in [0.4, 0.5) is 0 Å². The van der Waals surface area contributed by atoms with Crippen molar-refractivity contribution >= 4 is 30.3 Å². The average Bonchev–Trinajstić information content (AvgIpc) is 2.90. The van der Waals surface area contributed by atoms with Crippen molar-refractivity contribution < 1.29 is 75.1 Å². The van der Waals surface area contributed by atoms with Crippen LogP contribution in [0.3, 0.4) is 0 Å². The Labute approximate surface area is 305 Å². The first-order chi connectivity index (χ1) is 17.0. The van der Waals surface area contributed by atoms with Gasteiger partial charge in [-0.1, -0.05) is 91.9 Å². The van der Waals surface area contributed by atoms with Crippen LogP contribution in [0.2, 0.25) is 0 Å². The number of halogens is 1. The molecule has 2 nitrogen and oxygen atoms in total. The summed E-state index contributed by atoms with van der Waals surface area (Å²) in [4.78, 5) is 0. The second-order valence-corrected chi connectivity index (χ2v) is 8.44. The van der Waals surface area contributed by atoms with E-state index >= 15 is 0 Å². The van der Waals surface area contributed by atoms with Gasteiger partial charge < -0.3 is 24.5 Å². The van der Waals surface area contributed by atoms with Crippen molar-refractivity contribution in [1.82, 2.24) is 0 Å². The molecule has 0 spiro atoms. The minimum atomic E-state index is 0. The van der Waals surface area contributed by atoms with E-state index in [1.807, 2.05) is 26.0 Å². The molecule has 0 aromatic heterocycles. The van der Waals surface area contributed by atoms with E-state index in [0.29, 0.717) is 13.4 Å². The molecule has 0 aliphatic rings. The standard InChI is InChI=1S/C13H11.C8H10.C6H5BO2.C2H5I.C2H6.2CH3.2Y/c1-11-7-5-6-10-13(11)12-8-3-2-4-9-12;1-7-5-3-4-6-8(7)2;8-7-9-6-4-2-1-3-5-6;1-2-3;1-2;;;;/h3-10H,1H3;3-6H,1-2H3;2-5,8H;2H2,1H3;1-2H3;2*1H3;;/q-1;;-1;;;2*-1;;. The fourth-order valence-corrected chi connectivity index (χ4v) is 2.64. The van der Waals surface area contributed by atoms with E-state index in [1.165, 1.54) is 32.2 Å². The molecule has 0 saturated carbocycles. The van der Waals surface area contributed by atoms with Crippen molar-refractivity contribution in [2.24, 2.45) is 0 Å². The van der Waals surface area contributed by atoms with Crippen molar-refractivity contribution in [2.75, 3.05) is 4.43 Å². The third-order valence-corrected chi connectivity index (χ3v) is 4.48. The van der Waals surface area contributed by atoms with E-state index in [9.17, 15) is 0 Å². The molecule has 1 N–H and O–H groups in total. The van der Waals surface area contributed by atoms with Crippen LogP contribution in [0.5, 0.6) is 5.75 Å². The van der Waals surface area contributed by atoms with Gasteiger partial charge in [0.25, 0.3) is 0 Å². The Morgan fingerprint density at radius 3 is 1.41 bits per heavy atom. The predicted octanol–water partition coefficient (Wildman–Crippen LogP) is 9.52. The summed E-state index contributed by atoms with van der Waals surface area (Å²) in [5, 5.41) is 8.16. The topological polar surface area (TPSA) is 29.5 Å². The Hall–Kier alpha value is -0.357. The van der Waals surface area contributed by atoms with Gasteiger partial charge in [0.15, 0.2) is 0 Å². The Kier molecular flexibility index (Phi) is 42.0. The zero-order chi connectivity index (χ0) is 26.3. The van der Waals surface area contributed by atoms with Gasteiger partial charge in [0, 0.05) is 65.4 Å². The van der Waals surface area contributed by atoms with Crippen LogP contribution in [-0.4, -0.2) is 17.1 Å². The Morgan fingerprint density at radius 1 is 0.692 bits per heavy atom. The van der Waals surface area contributed by atoms with Gasteiger partial charge in [-0.2, -0.15) is 48.5 Å². The van der Waals surface area contributed by atoms with Crippen molar-refractivity contribution in [3.63, 3.8) is 0 Å². The van der Waals surface area contributed by atoms with E-state index in [1.54, 1.807) is 24.3 Å². The number of aryl methyl sites for hydroxylation is 3. The maximum Gasteiger partial charge on any atom is 0.567 e. The van der Waals surface area contributed by atoms with Gasteiger partial charge in [-0.05, 0) is 53.2 Å². The Bertz CT molecular complexity index is 999. The summed E-state index contributed by atoms with van der Waals surface area (Å²) in [5.74, 6) is 0.608. The first kappa shape index (κ1) is 48.4. The quantitative estimate of drug-likeness (QED) is 0.0971. The molecule has 4 rings (SSSR count). The normalized spacial score (nSPS) is 7.79. The maximum atomic E-state index is 8.16. The third-order valence-electron chi connectivity index (χ3n) is 4.48. The molecule has 0 heterocycles. The van der Waals surface area contributed by atoms with Crippen LogP contribution in [0.1, 0.15) is 37.5 Å². The number of hydrogen-bond acceptors (Lipinski definition) is 2. The van der Waals surface area contributed by atoms with Crippen molar-refractivity contribution in [3.05, 3.63) is 141 Å². The molecular formula is C33H43BIO2Y2-4. The van der Waals surface area contributed by atoms with Gasteiger partial charge in [-0.3, -0.25) is 0 Å². The minimum absolute atomic E-state index is 0. The van der Waals surface area contributed by atoms with E-state index in [4.69, 9.17) is 5.02 Å². The summed E-state index contributed by atoms with van der Waals surface area (Å²) >= 11 is 2.29. The number of hydrogen-bond donors (Lipinski definition) is 1. The maximum absolute atomic E-state index is 8.16. The largest absolute Gasteiger partial charge is 0.567 e. The first-order valence-corrected chi connectivity index (χ1v) is 13.2. The average molecular weight is 787 g/mol. The monoisotopic (exact) mass is 787 g/mol. The van der Waals surface area contributed by atoms with Gasteiger partial charge in [0.1, 0.15) is 0 Å². The van der Waals surface area contributed by atoms with E-state index in [0.717, 1.165) is 0 Å². The number of rotatable bonds is 3. The van der Waals surface area contributed by atoms with E-state index in [-0.39, 0.29) is 80.3 Å². The minimum Gasteiger partial charge on any atom is -0.558 e. The van der Waals surface area contributed by atoms with Gasteiger partial charge in [0.2, 0.25) is 0 Å². The molecule has 0 amide bonds. The van der Waals surface area contributed by atoms with Gasteiger partial charge in [-0.15, -0.1) is 17.7 Å². The number of alkyl halides is 1. The SMILES string of the molecule is CC.CCI.Cc1ccccc1-c1cc[c-]cc1.Cc1ccccc1C.O[B]Oc1cc[c-]cc1.[CH3-].[CH3-].[Y].[Y]. The summed E-state index contributed by atoms with van der Waals surface area (Å²) in [6.07, 6.45) is 0. The molecule has 0 aliphatic carbocycles. The zero-order valence-electron chi connectivity index (χ0n) is 24.9. The van der Waals surface area contributed by atoms with Crippen molar-refractivity contribution in [1.29, 1.82) is 0 Å². The van der Waals surface area contributed by atoms with Gasteiger partial charge in [0.05, 0.1) is 0 Å². The van der Waals surface area contributed by atoms with Crippen molar-refractivity contribution in [3.8, 4) is 16.9 Å². The molecule has 3 radical (unpaired) electrons. The van der Waals surface area contributed by atoms with Gasteiger partial charge in [-0.25, -0.2) is 0 Å². The molecule has 4 aromatic carbocycles. The second-order valence-electron chi connectivity index (χ2n) is 6.91. The third kappa shape index (κ3) is 24.0. The molecule has 0 unspecified atom stereocenters. The molecule has 0 bridgehead atoms. The molecule has 6 heteroatoms. The zero-order valence-corrected chi connectivity index (χ0v) is 32.7. The van der Waals surface area contributed by atoms with Crippen LogP contribution in [0.25, 0.3) is 11.1 Å². The fraction of sp³-hybridized carbons (Fsp3) is 0.212. The Balaban J connectivity index is -0.000000134. The molecule has 39 heavy (non-hydrogen) atoms. The molecule has 0 fully saturated rings. The van der Waals surface area contributed by atoms with Gasteiger partial charge >= 0.3 is 7.69 Å². The Morgan fingerprint density at radius 2 is 1.05 bits per heavy atom. The molecule has 0 aliphatic heterocycles. The van der Waals surface area contributed by atoms with E-state index < -0.39 is 0 Å². The van der Waals surface area contributed by atoms with Crippen molar-refractivity contribution in [2.45, 2.75) is 41.5 Å². The summed E-state index contributed by atoms with van der Waals surface area (Å²) in [7, 11) is 0.648. The fourth-order valence-electron chi connectivity index (χ4n) is 2.64. The van der Waals surface area contributed by atoms with Crippen LogP contribution in [0.15, 0.2) is 97.1 Å². The molecule has 0 saturated heterocycles.